The van der Waals surface area contributed by atoms with Crippen LogP contribution < -0.4 is 11.1 Å². The van der Waals surface area contributed by atoms with E-state index in [0.29, 0.717) is 6.07 Å². The topological polar surface area (TPSA) is 115 Å². The van der Waals surface area contributed by atoms with Gasteiger partial charge in [-0.05, 0) is 24.3 Å². The number of nitrogen functional groups attached to an aromatic ring is 1. The Morgan fingerprint density at radius 2 is 1.86 bits per heavy atom. The first-order valence-electron chi connectivity index (χ1n) is 8.08. The molecule has 0 atom stereocenters. The van der Waals surface area contributed by atoms with Crippen LogP contribution in [0.2, 0.25) is 0 Å². The van der Waals surface area contributed by atoms with Crippen molar-refractivity contribution in [3.63, 3.8) is 0 Å². The summed E-state index contributed by atoms with van der Waals surface area (Å²) in [6.07, 6.45) is 1.07. The molecule has 0 spiro atoms. The maximum atomic E-state index is 13.6. The third kappa shape index (κ3) is 4.87. The number of benzene rings is 2. The van der Waals surface area contributed by atoms with E-state index in [2.05, 4.69) is 15.3 Å². The Bertz CT molecular complexity index is 1160. The molecule has 7 nitrogen and oxygen atoms in total. The highest BCUT2D eigenvalue weighted by atomic mass is 32.2. The summed E-state index contributed by atoms with van der Waals surface area (Å²) in [6, 6.07) is 10.5. The maximum absolute atomic E-state index is 13.6. The summed E-state index contributed by atoms with van der Waals surface area (Å²) in [7, 11) is -3.88. The van der Waals surface area contributed by atoms with Gasteiger partial charge in [0.1, 0.15) is 22.3 Å². The number of anilines is 2. The normalized spacial score (nSPS) is 11.2. The van der Waals surface area contributed by atoms with E-state index < -0.39 is 27.4 Å². The minimum atomic E-state index is -3.88. The van der Waals surface area contributed by atoms with Gasteiger partial charge < -0.3 is 11.1 Å². The first-order chi connectivity index (χ1) is 13.8. The smallest absolute Gasteiger partial charge is 0.234 e. The van der Waals surface area contributed by atoms with Crippen molar-refractivity contribution in [2.24, 2.45) is 0 Å². The molecule has 0 aliphatic carbocycles. The van der Waals surface area contributed by atoms with E-state index in [0.717, 1.165) is 30.1 Å². The van der Waals surface area contributed by atoms with Crippen molar-refractivity contribution in [1.29, 1.82) is 0 Å². The summed E-state index contributed by atoms with van der Waals surface area (Å²) in [5, 5.41) is 2.37. The second-order valence-corrected chi connectivity index (χ2v) is 8.54. The van der Waals surface area contributed by atoms with Gasteiger partial charge in [-0.25, -0.2) is 27.2 Å². The number of nitrogens with zero attached hydrogens (tertiary/aromatic N) is 2. The molecule has 0 radical (unpaired) electrons. The fraction of sp³-hybridized carbons (Fsp3) is 0.0556. The van der Waals surface area contributed by atoms with Crippen LogP contribution in [0.15, 0.2) is 69.7 Å². The molecule has 1 aromatic heterocycles. The minimum absolute atomic E-state index is 0.0522. The lowest BCUT2D eigenvalue weighted by Crippen LogP contribution is -2.15. The van der Waals surface area contributed by atoms with Gasteiger partial charge in [0.05, 0.1) is 22.5 Å². The third-order valence-electron chi connectivity index (χ3n) is 3.64. The van der Waals surface area contributed by atoms with Crippen molar-refractivity contribution in [3.05, 3.63) is 66.4 Å². The van der Waals surface area contributed by atoms with E-state index in [4.69, 9.17) is 5.73 Å². The quantitative estimate of drug-likeness (QED) is 0.451. The highest BCUT2D eigenvalue weighted by Gasteiger charge is 2.22. The summed E-state index contributed by atoms with van der Waals surface area (Å²) in [5.74, 6) is -2.69. The molecule has 0 saturated carbocycles. The van der Waals surface area contributed by atoms with E-state index in [1.165, 1.54) is 12.1 Å². The Morgan fingerprint density at radius 1 is 1.14 bits per heavy atom. The van der Waals surface area contributed by atoms with Crippen LogP contribution in [-0.4, -0.2) is 30.0 Å². The first kappa shape index (κ1) is 20.7. The van der Waals surface area contributed by atoms with Gasteiger partial charge >= 0.3 is 0 Å². The van der Waals surface area contributed by atoms with Gasteiger partial charge in [0, 0.05) is 6.07 Å². The third-order valence-corrected chi connectivity index (χ3v) is 6.29. The van der Waals surface area contributed by atoms with Crippen LogP contribution in [0.4, 0.5) is 20.3 Å². The second kappa shape index (κ2) is 8.53. The molecule has 0 unspecified atom stereocenters. The standard InChI is InChI=1S/C18H14F2N4O3S2/c19-11-6-7-14(13(20)8-11)23-16(25)10-28-18-22-9-15(17(21)24-18)29(26,27)12-4-2-1-3-5-12/h1-9H,10H2,(H,23,25)(H2,21,22,24). The Kier molecular flexibility index (Phi) is 6.09. The average Bonchev–Trinajstić information content (AvgIpc) is 2.69. The molecule has 29 heavy (non-hydrogen) atoms. The van der Waals surface area contributed by atoms with Crippen LogP contribution in [0.3, 0.4) is 0 Å². The Hall–Kier alpha value is -3.05. The zero-order valence-corrected chi connectivity index (χ0v) is 16.3. The molecule has 3 N–H and O–H groups in total. The molecule has 11 heteroatoms. The van der Waals surface area contributed by atoms with E-state index in [9.17, 15) is 22.0 Å². The lowest BCUT2D eigenvalue weighted by Gasteiger charge is -2.08. The first-order valence-corrected chi connectivity index (χ1v) is 10.5. The molecule has 3 rings (SSSR count). The van der Waals surface area contributed by atoms with Crippen LogP contribution >= 0.6 is 11.8 Å². The number of nitrogens with one attached hydrogen (secondary N) is 1. The Balaban J connectivity index is 1.68. The van der Waals surface area contributed by atoms with Crippen molar-refractivity contribution in [2.75, 3.05) is 16.8 Å². The van der Waals surface area contributed by atoms with Crippen molar-refractivity contribution >= 4 is 39.0 Å². The number of thioether (sulfide) groups is 1. The number of carbonyl (C=O) groups excluding carboxylic acids is 1. The minimum Gasteiger partial charge on any atom is -0.382 e. The summed E-state index contributed by atoms with van der Waals surface area (Å²) < 4.78 is 51.6. The number of hydrogen-bond donors (Lipinski definition) is 2. The Labute approximate surface area is 169 Å². The average molecular weight is 436 g/mol. The van der Waals surface area contributed by atoms with E-state index in [1.807, 2.05) is 0 Å². The van der Waals surface area contributed by atoms with E-state index in [-0.39, 0.29) is 32.2 Å². The van der Waals surface area contributed by atoms with E-state index >= 15 is 0 Å². The number of hydrogen-bond acceptors (Lipinski definition) is 7. The van der Waals surface area contributed by atoms with Gasteiger partial charge in [0.2, 0.25) is 15.7 Å². The monoisotopic (exact) mass is 436 g/mol. The molecular formula is C18H14F2N4O3S2. The molecule has 3 aromatic rings. The molecule has 1 heterocycles. The van der Waals surface area contributed by atoms with Crippen LogP contribution in [0, 0.1) is 11.6 Å². The number of aromatic nitrogens is 2. The van der Waals surface area contributed by atoms with Crippen LogP contribution in [0.5, 0.6) is 0 Å². The van der Waals surface area contributed by atoms with Gasteiger partial charge in [0.15, 0.2) is 5.16 Å². The summed E-state index contributed by atoms with van der Waals surface area (Å²) in [5.41, 5.74) is 5.61. The van der Waals surface area contributed by atoms with Crippen LogP contribution in [0.1, 0.15) is 0 Å². The number of carbonyl (C=O) groups is 1. The predicted octanol–water partition coefficient (Wildman–Crippen LogP) is 2.90. The number of rotatable bonds is 6. The van der Waals surface area contributed by atoms with E-state index in [1.54, 1.807) is 18.2 Å². The molecule has 150 valence electrons. The summed E-state index contributed by atoms with van der Waals surface area (Å²) >= 11 is 0.880. The SMILES string of the molecule is Nc1nc(SCC(=O)Nc2ccc(F)cc2F)ncc1S(=O)(=O)c1ccccc1. The zero-order valence-electron chi connectivity index (χ0n) is 14.7. The number of amides is 1. The second-order valence-electron chi connectivity index (χ2n) is 5.68. The zero-order chi connectivity index (χ0) is 21.0. The van der Waals surface area contributed by atoms with Crippen molar-refractivity contribution in [3.8, 4) is 0 Å². The van der Waals surface area contributed by atoms with Gasteiger partial charge in [-0.1, -0.05) is 30.0 Å². The lowest BCUT2D eigenvalue weighted by molar-refractivity contribution is -0.113. The van der Waals surface area contributed by atoms with Crippen LogP contribution in [-0.2, 0) is 14.6 Å². The predicted molar refractivity (Wildman–Crippen MR) is 104 cm³/mol. The molecule has 0 saturated heterocycles. The summed E-state index contributed by atoms with van der Waals surface area (Å²) in [6.45, 7) is 0. The van der Waals surface area contributed by atoms with Crippen molar-refractivity contribution in [2.45, 2.75) is 14.9 Å². The highest BCUT2D eigenvalue weighted by Crippen LogP contribution is 2.26. The fourth-order valence-corrected chi connectivity index (χ4v) is 4.18. The number of sulfone groups is 1. The van der Waals surface area contributed by atoms with Gasteiger partial charge in [0.25, 0.3) is 0 Å². The molecule has 2 aromatic carbocycles. The summed E-state index contributed by atoms with van der Waals surface area (Å²) in [4.78, 5) is 19.6. The number of halogens is 2. The lowest BCUT2D eigenvalue weighted by atomic mass is 10.3. The molecule has 0 aliphatic heterocycles. The fourth-order valence-electron chi connectivity index (χ4n) is 2.28. The van der Waals surface area contributed by atoms with Crippen molar-refractivity contribution in [1.82, 2.24) is 9.97 Å². The molecule has 0 fully saturated rings. The Morgan fingerprint density at radius 3 is 2.52 bits per heavy atom. The molecular weight excluding hydrogens is 422 g/mol. The van der Waals surface area contributed by atoms with Gasteiger partial charge in [-0.2, -0.15) is 0 Å². The van der Waals surface area contributed by atoms with Crippen molar-refractivity contribution < 1.29 is 22.0 Å². The maximum Gasteiger partial charge on any atom is 0.234 e. The van der Waals surface area contributed by atoms with Gasteiger partial charge in [-0.15, -0.1) is 0 Å². The molecule has 0 aliphatic rings. The highest BCUT2D eigenvalue weighted by molar-refractivity contribution is 7.99. The van der Waals surface area contributed by atoms with Crippen LogP contribution in [0.25, 0.3) is 0 Å². The molecule has 1 amide bonds. The molecule has 0 bridgehead atoms. The largest absolute Gasteiger partial charge is 0.382 e. The number of nitrogens with two attached hydrogens (primary N) is 1. The van der Waals surface area contributed by atoms with Gasteiger partial charge in [-0.3, -0.25) is 4.79 Å².